The molecule has 0 radical (unpaired) electrons. The fraction of sp³-hybridized carbons (Fsp3) is 0.167. The molecule has 0 bridgehead atoms. The highest BCUT2D eigenvalue weighted by atomic mass is 32.2. The maximum atomic E-state index is 12.3. The summed E-state index contributed by atoms with van der Waals surface area (Å²) >= 11 is 2.97. The first-order valence-corrected chi connectivity index (χ1v) is 7.66. The zero-order valence-corrected chi connectivity index (χ0v) is 12.3. The Morgan fingerprint density at radius 1 is 1.40 bits per heavy atom. The number of aromatic nitrogens is 3. The predicted molar refractivity (Wildman–Crippen MR) is 80.1 cm³/mol. The molecule has 102 valence electrons. The molecule has 0 atom stereocenters. The number of thioether (sulfide) groups is 1. The molecule has 3 heterocycles. The smallest absolute Gasteiger partial charge is 0.266 e. The molecule has 1 aliphatic rings. The largest absolute Gasteiger partial charge is 0.285 e. The van der Waals surface area contributed by atoms with E-state index in [9.17, 15) is 4.79 Å². The van der Waals surface area contributed by atoms with E-state index in [1.807, 2.05) is 30.5 Å². The monoisotopic (exact) mass is 305 g/mol. The third kappa shape index (κ3) is 2.52. The molecular weight excluding hydrogens is 294 g/mol. The van der Waals surface area contributed by atoms with Crippen LogP contribution in [0.25, 0.3) is 6.08 Å². The first kappa shape index (κ1) is 13.1. The van der Waals surface area contributed by atoms with Gasteiger partial charge in [0.2, 0.25) is 0 Å². The number of likely N-dealkylation sites (N-methyl/N-ethyl adjacent to an activating group) is 1. The van der Waals surface area contributed by atoms with Crippen molar-refractivity contribution in [1.29, 1.82) is 0 Å². The van der Waals surface area contributed by atoms with E-state index >= 15 is 0 Å². The summed E-state index contributed by atoms with van der Waals surface area (Å²) in [6.07, 6.45) is 4.88. The van der Waals surface area contributed by atoms with Gasteiger partial charge in [0.15, 0.2) is 5.17 Å². The average Bonchev–Trinajstić information content (AvgIpc) is 3.15. The molecule has 0 unspecified atom stereocenters. The van der Waals surface area contributed by atoms with Gasteiger partial charge in [0, 0.05) is 11.4 Å². The van der Waals surface area contributed by atoms with Gasteiger partial charge in [-0.05, 0) is 36.2 Å². The summed E-state index contributed by atoms with van der Waals surface area (Å²) in [6, 6.07) is 3.95. The van der Waals surface area contributed by atoms with E-state index in [0.29, 0.717) is 16.6 Å². The lowest BCUT2D eigenvalue weighted by atomic mass is 10.4. The SMILES string of the molecule is CCN1C(=O)/C(=C\c2cccs2)SC1=Nn1cnnc1. The van der Waals surface area contributed by atoms with Crippen LogP contribution in [0.3, 0.4) is 0 Å². The minimum atomic E-state index is -0.0160. The highest BCUT2D eigenvalue weighted by Crippen LogP contribution is 2.33. The number of rotatable bonds is 3. The van der Waals surface area contributed by atoms with Crippen LogP contribution >= 0.6 is 23.1 Å². The topological polar surface area (TPSA) is 63.4 Å². The van der Waals surface area contributed by atoms with Crippen LogP contribution in [-0.2, 0) is 4.79 Å². The van der Waals surface area contributed by atoms with Crippen LogP contribution in [-0.4, -0.2) is 37.4 Å². The van der Waals surface area contributed by atoms with Gasteiger partial charge >= 0.3 is 0 Å². The lowest BCUT2D eigenvalue weighted by Crippen LogP contribution is -2.29. The Kier molecular flexibility index (Phi) is 3.66. The van der Waals surface area contributed by atoms with Crippen LogP contribution in [0.2, 0.25) is 0 Å². The van der Waals surface area contributed by atoms with Gasteiger partial charge in [-0.1, -0.05) is 6.07 Å². The zero-order chi connectivity index (χ0) is 13.9. The Labute approximate surface area is 123 Å². The third-order valence-electron chi connectivity index (χ3n) is 2.63. The Balaban J connectivity index is 1.92. The molecule has 8 heteroatoms. The van der Waals surface area contributed by atoms with Crippen molar-refractivity contribution < 1.29 is 4.79 Å². The highest BCUT2D eigenvalue weighted by Gasteiger charge is 2.32. The summed E-state index contributed by atoms with van der Waals surface area (Å²) in [5.74, 6) is -0.0160. The Morgan fingerprint density at radius 3 is 2.85 bits per heavy atom. The molecule has 0 aromatic carbocycles. The standard InChI is InChI=1S/C12H11N5OS2/c1-2-17-11(18)10(6-9-4-3-5-19-9)20-12(17)15-16-7-13-14-8-16/h3-8H,2H2,1H3/b10-6+,15-12?. The Hall–Kier alpha value is -1.93. The quantitative estimate of drug-likeness (QED) is 0.815. The van der Waals surface area contributed by atoms with Crippen LogP contribution in [0.15, 0.2) is 40.2 Å². The second kappa shape index (κ2) is 5.59. The van der Waals surface area contributed by atoms with E-state index in [1.54, 1.807) is 16.2 Å². The van der Waals surface area contributed by atoms with Crippen molar-refractivity contribution in [3.05, 3.63) is 39.9 Å². The maximum Gasteiger partial charge on any atom is 0.266 e. The van der Waals surface area contributed by atoms with Crippen LogP contribution in [0.5, 0.6) is 0 Å². The van der Waals surface area contributed by atoms with Crippen molar-refractivity contribution in [2.75, 3.05) is 6.54 Å². The average molecular weight is 305 g/mol. The third-order valence-corrected chi connectivity index (χ3v) is 4.44. The molecule has 0 N–H and O–H groups in total. The number of amidine groups is 1. The molecule has 6 nitrogen and oxygen atoms in total. The minimum absolute atomic E-state index is 0.0160. The second-order valence-electron chi connectivity index (χ2n) is 3.90. The summed E-state index contributed by atoms with van der Waals surface area (Å²) in [7, 11) is 0. The van der Waals surface area contributed by atoms with E-state index in [2.05, 4.69) is 15.3 Å². The number of hydrogen-bond acceptors (Lipinski definition) is 6. The van der Waals surface area contributed by atoms with E-state index in [1.165, 1.54) is 29.1 Å². The molecule has 2 aromatic heterocycles. The summed E-state index contributed by atoms with van der Waals surface area (Å²) in [4.78, 5) is 15.7. The molecule has 0 saturated carbocycles. The lowest BCUT2D eigenvalue weighted by molar-refractivity contribution is -0.122. The van der Waals surface area contributed by atoms with E-state index in [4.69, 9.17) is 0 Å². The minimum Gasteiger partial charge on any atom is -0.285 e. The number of thiophene rings is 1. The normalized spacial score (nSPS) is 19.4. The number of carbonyl (C=O) groups is 1. The molecule has 3 rings (SSSR count). The number of hydrogen-bond donors (Lipinski definition) is 0. The van der Waals surface area contributed by atoms with Crippen molar-refractivity contribution >= 4 is 40.2 Å². The molecule has 1 amide bonds. The molecule has 1 aliphatic heterocycles. The summed E-state index contributed by atoms with van der Waals surface area (Å²) in [5.41, 5.74) is 0. The molecule has 1 fully saturated rings. The summed E-state index contributed by atoms with van der Waals surface area (Å²) in [5, 5.41) is 14.4. The van der Waals surface area contributed by atoms with Gasteiger partial charge in [0.1, 0.15) is 12.7 Å². The number of carbonyl (C=O) groups excluding carboxylic acids is 1. The van der Waals surface area contributed by atoms with Crippen molar-refractivity contribution in [2.24, 2.45) is 5.10 Å². The Morgan fingerprint density at radius 2 is 2.20 bits per heavy atom. The van der Waals surface area contributed by atoms with Crippen LogP contribution in [0.1, 0.15) is 11.8 Å². The van der Waals surface area contributed by atoms with Gasteiger partial charge in [-0.25, -0.2) is 4.68 Å². The molecule has 2 aromatic rings. The molecule has 1 saturated heterocycles. The fourth-order valence-electron chi connectivity index (χ4n) is 1.71. The van der Waals surface area contributed by atoms with Crippen molar-refractivity contribution in [2.45, 2.75) is 6.92 Å². The Bertz CT molecular complexity index is 660. The maximum absolute atomic E-state index is 12.3. The van der Waals surface area contributed by atoms with Gasteiger partial charge in [0.05, 0.1) is 4.91 Å². The molecule has 0 aliphatic carbocycles. The van der Waals surface area contributed by atoms with Gasteiger partial charge < -0.3 is 0 Å². The van der Waals surface area contributed by atoms with E-state index < -0.39 is 0 Å². The second-order valence-corrected chi connectivity index (χ2v) is 5.89. The number of nitrogens with zero attached hydrogens (tertiary/aromatic N) is 5. The van der Waals surface area contributed by atoms with E-state index in [0.717, 1.165) is 4.88 Å². The first-order chi connectivity index (χ1) is 9.78. The van der Waals surface area contributed by atoms with Gasteiger partial charge in [-0.3, -0.25) is 9.69 Å². The van der Waals surface area contributed by atoms with Gasteiger partial charge in [-0.15, -0.1) is 26.6 Å². The van der Waals surface area contributed by atoms with Crippen molar-refractivity contribution in [1.82, 2.24) is 19.8 Å². The highest BCUT2D eigenvalue weighted by molar-refractivity contribution is 8.18. The number of amides is 1. The summed E-state index contributed by atoms with van der Waals surface area (Å²) < 4.78 is 1.49. The van der Waals surface area contributed by atoms with Crippen LogP contribution in [0, 0.1) is 0 Å². The van der Waals surface area contributed by atoms with Crippen molar-refractivity contribution in [3.8, 4) is 0 Å². The summed E-state index contributed by atoms with van der Waals surface area (Å²) in [6.45, 7) is 2.50. The van der Waals surface area contributed by atoms with Crippen LogP contribution < -0.4 is 0 Å². The zero-order valence-electron chi connectivity index (χ0n) is 10.6. The first-order valence-electron chi connectivity index (χ1n) is 5.96. The van der Waals surface area contributed by atoms with E-state index in [-0.39, 0.29) is 5.91 Å². The van der Waals surface area contributed by atoms with Gasteiger partial charge in [0.25, 0.3) is 5.91 Å². The van der Waals surface area contributed by atoms with Gasteiger partial charge in [-0.2, -0.15) is 0 Å². The van der Waals surface area contributed by atoms with Crippen LogP contribution in [0.4, 0.5) is 0 Å². The molecule has 0 spiro atoms. The molecule has 20 heavy (non-hydrogen) atoms. The molecular formula is C12H11N5OS2. The van der Waals surface area contributed by atoms with Crippen molar-refractivity contribution in [3.63, 3.8) is 0 Å². The fourth-order valence-corrected chi connectivity index (χ4v) is 3.48. The lowest BCUT2D eigenvalue weighted by Gasteiger charge is -2.11. The predicted octanol–water partition coefficient (Wildman–Crippen LogP) is 2.10.